The third kappa shape index (κ3) is 3.50. The highest BCUT2D eigenvalue weighted by Gasteiger charge is 2.05. The molecule has 0 aromatic heterocycles. The second kappa shape index (κ2) is 5.69. The molecule has 0 saturated carbocycles. The Morgan fingerprint density at radius 2 is 1.87 bits per heavy atom. The first-order chi connectivity index (χ1) is 7.15. The van der Waals surface area contributed by atoms with E-state index in [4.69, 9.17) is 0 Å². The molecule has 1 aromatic rings. The molecule has 1 nitrogen and oxygen atoms in total. The van der Waals surface area contributed by atoms with Crippen molar-refractivity contribution >= 4 is 5.78 Å². The van der Waals surface area contributed by atoms with E-state index in [1.807, 2.05) is 24.3 Å². The Bertz CT molecular complexity index is 309. The third-order valence-electron chi connectivity index (χ3n) is 2.55. The predicted molar refractivity (Wildman–Crippen MR) is 64.1 cm³/mol. The zero-order valence-electron chi connectivity index (χ0n) is 9.62. The van der Waals surface area contributed by atoms with Crippen molar-refractivity contribution in [2.24, 2.45) is 0 Å². The van der Waals surface area contributed by atoms with Gasteiger partial charge in [-0.25, -0.2) is 0 Å². The first-order valence-corrected chi connectivity index (χ1v) is 5.57. The molecule has 0 unspecified atom stereocenters. The van der Waals surface area contributed by atoms with Crippen molar-refractivity contribution in [1.29, 1.82) is 0 Å². The highest BCUT2D eigenvalue weighted by molar-refractivity contribution is 5.96. The van der Waals surface area contributed by atoms with E-state index in [1.165, 1.54) is 5.56 Å². The Morgan fingerprint density at radius 3 is 2.33 bits per heavy atom. The molecule has 0 saturated heterocycles. The molecule has 0 fully saturated rings. The van der Waals surface area contributed by atoms with Crippen LogP contribution in [0.15, 0.2) is 24.3 Å². The summed E-state index contributed by atoms with van der Waals surface area (Å²) < 4.78 is 0. The first kappa shape index (κ1) is 12.0. The number of unbranched alkanes of at least 4 members (excludes halogenated alkanes) is 1. The van der Waals surface area contributed by atoms with Crippen LogP contribution in [0.3, 0.4) is 0 Å². The highest BCUT2D eigenvalue weighted by atomic mass is 16.1. The van der Waals surface area contributed by atoms with Gasteiger partial charge in [-0.1, -0.05) is 51.5 Å². The number of carbonyl (C=O) groups excluding carboxylic acids is 1. The minimum Gasteiger partial charge on any atom is -0.294 e. The van der Waals surface area contributed by atoms with Gasteiger partial charge < -0.3 is 0 Å². The van der Waals surface area contributed by atoms with Crippen LogP contribution < -0.4 is 0 Å². The second-order valence-corrected chi connectivity index (χ2v) is 4.16. The maximum Gasteiger partial charge on any atom is 0.162 e. The number of Topliss-reactive ketones (excluding diaryl/α,β-unsaturated/α-hetero) is 1. The molecule has 0 aliphatic carbocycles. The molecule has 0 spiro atoms. The Balaban J connectivity index is 2.67. The minimum absolute atomic E-state index is 0.231. The average molecular weight is 203 g/mol. The molecule has 0 bridgehead atoms. The number of benzene rings is 1. The van der Waals surface area contributed by atoms with Gasteiger partial charge in [0.15, 0.2) is 5.78 Å². The summed E-state index contributed by atoms with van der Waals surface area (Å²) in [5, 5.41) is 0. The van der Waals surface area contributed by atoms with Crippen molar-refractivity contribution in [2.75, 3.05) is 0 Å². The predicted octanol–water partition coefficient (Wildman–Crippen LogP) is 4.00. The quantitative estimate of drug-likeness (QED) is 0.661. The van der Waals surface area contributed by atoms with E-state index in [-0.39, 0.29) is 5.78 Å². The largest absolute Gasteiger partial charge is 0.294 e. The monoisotopic (exact) mass is 203 g/mol. The van der Waals surface area contributed by atoms with Gasteiger partial charge in [0.05, 0.1) is 0 Å². The molecule has 1 aromatic carbocycles. The summed E-state index contributed by atoms with van der Waals surface area (Å²) >= 11 is 0. The van der Waals surface area contributed by atoms with Crippen LogP contribution in [0.1, 0.15) is 54.9 Å². The minimum atomic E-state index is 0.231. The van der Waals surface area contributed by atoms with Gasteiger partial charge in [0.25, 0.3) is 0 Å². The Kier molecular flexibility index (Phi) is 4.54. The van der Waals surface area contributed by atoms with Gasteiger partial charge in [-0.15, -0.1) is 0 Å². The van der Waals surface area contributed by atoms with Crippen LogP contribution >= 0.6 is 0 Å². The van der Waals surface area contributed by atoms with Crippen LogP contribution in [0.4, 0.5) is 0 Å². The fraction of sp³-hybridized carbons (Fsp3) is 0.429. The summed E-state index contributed by atoms with van der Waals surface area (Å²) in [7, 11) is 0. The van der Waals surface area contributed by atoms with Crippen molar-refractivity contribution < 1.29 is 4.79 Å². The molecule has 81 valence electrons. The number of ketones is 1. The summed E-state index contributed by atoms with van der Waals surface area (Å²) in [4.78, 5) is 11.7. The molecule has 1 heteroatoms. The fourth-order valence-electron chi connectivity index (χ4n) is 1.48. The van der Waals surface area contributed by atoms with Gasteiger partial charge in [-0.3, -0.25) is 4.79 Å². The number of hydrogen-bond donors (Lipinski definition) is 0. The number of hydrogen-bond acceptors (Lipinski definition) is 1. The third-order valence-corrected chi connectivity index (χ3v) is 2.55. The number of rotatable bonds is 5. The first-order valence-electron chi connectivity index (χ1n) is 5.57. The lowest BCUT2D eigenvalue weighted by atomic mass is 9.99. The van der Waals surface area contributed by atoms with Crippen LogP contribution in [0.25, 0.3) is 0 Å². The summed E-state index contributed by atoms with van der Waals surface area (Å²) in [5.74, 6) is 0.753. The molecule has 0 heterocycles. The van der Waals surface area contributed by atoms with Gasteiger partial charge in [0.2, 0.25) is 0 Å². The van der Waals surface area contributed by atoms with E-state index >= 15 is 0 Å². The zero-order chi connectivity index (χ0) is 11.3. The normalized spacial score (nSPS) is 10.7. The van der Waals surface area contributed by atoms with Crippen molar-refractivity contribution in [1.82, 2.24) is 0 Å². The van der Waals surface area contributed by atoms with Gasteiger partial charge in [-0.2, -0.15) is 0 Å². The van der Waals surface area contributed by atoms with Gasteiger partial charge in [0, 0.05) is 12.0 Å². The van der Waals surface area contributed by atoms with Crippen molar-refractivity contribution in [2.45, 2.75) is 39.0 Å². The Hall–Kier alpha value is -1.11. The van der Waals surface area contributed by atoms with E-state index in [2.05, 4.69) is 20.8 Å². The maximum absolute atomic E-state index is 11.7. The molecule has 15 heavy (non-hydrogen) atoms. The van der Waals surface area contributed by atoms with Gasteiger partial charge in [-0.05, 0) is 17.9 Å². The lowest BCUT2D eigenvalue weighted by Crippen LogP contribution is -1.99. The van der Waals surface area contributed by atoms with Gasteiger partial charge >= 0.3 is 0 Å². The summed E-state index contributed by atoms with van der Waals surface area (Å²) in [5.41, 5.74) is 2.11. The lowest BCUT2D eigenvalue weighted by molar-refractivity contribution is 0.0980. The standard InChI is InChI=1S/C14H19O/c1-4-5-6-14(15)13-9-7-12(8-10-13)11(2)3/h7-11H,1,4-6H2,2-3H3. The maximum atomic E-state index is 11.7. The summed E-state index contributed by atoms with van der Waals surface area (Å²) in [6, 6.07) is 7.95. The number of carbonyl (C=O) groups is 1. The second-order valence-electron chi connectivity index (χ2n) is 4.16. The smallest absolute Gasteiger partial charge is 0.162 e. The van der Waals surface area contributed by atoms with Crippen molar-refractivity contribution in [3.05, 3.63) is 42.3 Å². The van der Waals surface area contributed by atoms with Crippen LogP contribution in [-0.4, -0.2) is 5.78 Å². The molecular weight excluding hydrogens is 184 g/mol. The van der Waals surface area contributed by atoms with Crippen LogP contribution in [0, 0.1) is 6.92 Å². The van der Waals surface area contributed by atoms with E-state index < -0.39 is 0 Å². The van der Waals surface area contributed by atoms with Crippen LogP contribution in [0.5, 0.6) is 0 Å². The van der Waals surface area contributed by atoms with E-state index in [9.17, 15) is 4.79 Å². The molecule has 1 rings (SSSR count). The molecular formula is C14H19O. The molecule has 0 atom stereocenters. The van der Waals surface area contributed by atoms with Crippen LogP contribution in [-0.2, 0) is 0 Å². The van der Waals surface area contributed by atoms with Crippen molar-refractivity contribution in [3.8, 4) is 0 Å². The fourth-order valence-corrected chi connectivity index (χ4v) is 1.48. The van der Waals surface area contributed by atoms with E-state index in [1.54, 1.807) is 0 Å². The SMILES string of the molecule is [CH2]CCCC(=O)c1ccc(C(C)C)cc1. The lowest BCUT2D eigenvalue weighted by Gasteiger charge is -2.06. The molecule has 1 radical (unpaired) electrons. The zero-order valence-corrected chi connectivity index (χ0v) is 9.62. The Labute approximate surface area is 92.5 Å². The molecule has 0 aliphatic heterocycles. The summed E-state index contributed by atoms with van der Waals surface area (Å²) in [6.07, 6.45) is 2.32. The molecule has 0 amide bonds. The average Bonchev–Trinajstić information content (AvgIpc) is 2.26. The topological polar surface area (TPSA) is 17.1 Å². The van der Waals surface area contributed by atoms with E-state index in [0.29, 0.717) is 12.3 Å². The van der Waals surface area contributed by atoms with Crippen molar-refractivity contribution in [3.63, 3.8) is 0 Å². The van der Waals surface area contributed by atoms with E-state index in [0.717, 1.165) is 18.4 Å². The molecule has 0 aliphatic rings. The highest BCUT2D eigenvalue weighted by Crippen LogP contribution is 2.15. The molecule has 0 N–H and O–H groups in total. The summed E-state index contributed by atoms with van der Waals surface area (Å²) in [6.45, 7) is 8.04. The van der Waals surface area contributed by atoms with Gasteiger partial charge in [0.1, 0.15) is 0 Å². The van der Waals surface area contributed by atoms with Crippen LogP contribution in [0.2, 0.25) is 0 Å². The Morgan fingerprint density at radius 1 is 1.27 bits per heavy atom.